The Hall–Kier alpha value is -2.17. The number of nitrogens with zero attached hydrogens (tertiary/aromatic N) is 2. The maximum absolute atomic E-state index is 12.7. The van der Waals surface area contributed by atoms with Gasteiger partial charge in [0.1, 0.15) is 10.7 Å². The molecule has 0 aliphatic carbocycles. The molecule has 144 valence electrons. The van der Waals surface area contributed by atoms with Crippen molar-refractivity contribution in [3.63, 3.8) is 0 Å². The Kier molecular flexibility index (Phi) is 5.02. The minimum atomic E-state index is -4.42. The zero-order valence-electron chi connectivity index (χ0n) is 14.3. The van der Waals surface area contributed by atoms with Crippen LogP contribution in [-0.4, -0.2) is 15.0 Å². The number of thioether (sulfide) groups is 1. The van der Waals surface area contributed by atoms with Crippen molar-refractivity contribution in [2.45, 2.75) is 23.4 Å². The van der Waals surface area contributed by atoms with Gasteiger partial charge < -0.3 is 4.98 Å². The molecule has 4 aromatic heterocycles. The van der Waals surface area contributed by atoms with Gasteiger partial charge in [0.2, 0.25) is 0 Å². The first-order chi connectivity index (χ1) is 13.3. The van der Waals surface area contributed by atoms with E-state index in [4.69, 9.17) is 0 Å². The summed E-state index contributed by atoms with van der Waals surface area (Å²) in [6.07, 6.45) is -3.61. The molecule has 0 aliphatic rings. The second-order valence-corrected chi connectivity index (χ2v) is 9.07. The van der Waals surface area contributed by atoms with Crippen molar-refractivity contribution in [3.05, 3.63) is 63.0 Å². The van der Waals surface area contributed by atoms with Crippen molar-refractivity contribution >= 4 is 44.7 Å². The van der Waals surface area contributed by atoms with Crippen LogP contribution in [0.2, 0.25) is 0 Å². The van der Waals surface area contributed by atoms with E-state index in [1.165, 1.54) is 29.2 Å². The number of halogens is 3. The summed E-state index contributed by atoms with van der Waals surface area (Å²) in [4.78, 5) is 25.5. The lowest BCUT2D eigenvalue weighted by Crippen LogP contribution is -2.12. The Bertz CT molecular complexity index is 1160. The third-order valence-corrected chi connectivity index (χ3v) is 6.83. The van der Waals surface area contributed by atoms with Crippen molar-refractivity contribution in [1.29, 1.82) is 0 Å². The molecule has 0 fully saturated rings. The first-order valence-corrected chi connectivity index (χ1v) is 10.7. The summed E-state index contributed by atoms with van der Waals surface area (Å²) in [5.74, 6) is 0.462. The predicted molar refractivity (Wildman–Crippen MR) is 107 cm³/mol. The summed E-state index contributed by atoms with van der Waals surface area (Å²) < 4.78 is 37.9. The van der Waals surface area contributed by atoms with Gasteiger partial charge in [-0.1, -0.05) is 17.8 Å². The Morgan fingerprint density at radius 3 is 2.68 bits per heavy atom. The van der Waals surface area contributed by atoms with E-state index in [0.29, 0.717) is 21.1 Å². The molecule has 0 aliphatic heterocycles. The molecule has 28 heavy (non-hydrogen) atoms. The van der Waals surface area contributed by atoms with Gasteiger partial charge in [0.25, 0.3) is 5.56 Å². The molecule has 4 rings (SSSR count). The fourth-order valence-corrected chi connectivity index (χ4v) is 5.24. The lowest BCUT2D eigenvalue weighted by atomic mass is 10.2. The minimum Gasteiger partial charge on any atom is -0.309 e. The molecule has 4 nitrogen and oxygen atoms in total. The van der Waals surface area contributed by atoms with Gasteiger partial charge in [-0.3, -0.25) is 4.79 Å². The molecule has 0 saturated carbocycles. The number of nitrogens with one attached hydrogen (secondary N) is 1. The van der Waals surface area contributed by atoms with Crippen molar-refractivity contribution in [2.24, 2.45) is 0 Å². The van der Waals surface area contributed by atoms with E-state index in [1.807, 2.05) is 29.8 Å². The quantitative estimate of drug-likeness (QED) is 0.398. The van der Waals surface area contributed by atoms with Crippen molar-refractivity contribution < 1.29 is 13.2 Å². The maximum Gasteiger partial charge on any atom is 0.417 e. The maximum atomic E-state index is 12.7. The smallest absolute Gasteiger partial charge is 0.309 e. The average molecular weight is 440 g/mol. The second-order valence-electron chi connectivity index (χ2n) is 5.90. The number of thiophene rings is 2. The number of hydrogen-bond donors (Lipinski definition) is 1. The molecule has 0 radical (unpaired) electrons. The molecule has 1 atom stereocenters. The SMILES string of the molecule is CC(Sc1ccc(C(F)(F)F)cn1)c1nc2scc(-c3cccs3)c2c(=O)[nH]1. The summed E-state index contributed by atoms with van der Waals surface area (Å²) in [5.41, 5.74) is -0.158. The third kappa shape index (κ3) is 3.71. The van der Waals surface area contributed by atoms with Gasteiger partial charge in [0.05, 0.1) is 21.2 Å². The van der Waals surface area contributed by atoms with Crippen LogP contribution in [0.4, 0.5) is 13.2 Å². The monoisotopic (exact) mass is 439 g/mol. The van der Waals surface area contributed by atoms with Crippen molar-refractivity contribution in [2.75, 3.05) is 0 Å². The Morgan fingerprint density at radius 2 is 2.04 bits per heavy atom. The van der Waals surface area contributed by atoms with Crippen LogP contribution in [0.15, 0.2) is 51.0 Å². The van der Waals surface area contributed by atoms with Crippen molar-refractivity contribution in [1.82, 2.24) is 15.0 Å². The fraction of sp³-hybridized carbons (Fsp3) is 0.167. The summed E-state index contributed by atoms with van der Waals surface area (Å²) in [6.45, 7) is 1.82. The van der Waals surface area contributed by atoms with E-state index in [9.17, 15) is 18.0 Å². The number of pyridine rings is 1. The first kappa shape index (κ1) is 19.2. The molecule has 0 amide bonds. The van der Waals surface area contributed by atoms with Gasteiger partial charge in [0, 0.05) is 22.0 Å². The zero-order valence-corrected chi connectivity index (χ0v) is 16.7. The molecular weight excluding hydrogens is 427 g/mol. The molecule has 4 aromatic rings. The molecule has 1 N–H and O–H groups in total. The summed E-state index contributed by atoms with van der Waals surface area (Å²) in [5, 5.41) is 4.56. The summed E-state index contributed by atoms with van der Waals surface area (Å²) >= 11 is 4.18. The number of fused-ring (bicyclic) bond motifs is 1. The van der Waals surface area contributed by atoms with E-state index in [2.05, 4.69) is 15.0 Å². The third-order valence-electron chi connectivity index (χ3n) is 4.00. The number of hydrogen-bond acceptors (Lipinski definition) is 6. The van der Waals surface area contributed by atoms with Gasteiger partial charge in [-0.25, -0.2) is 9.97 Å². The number of rotatable bonds is 4. The van der Waals surface area contributed by atoms with Crippen LogP contribution >= 0.6 is 34.4 Å². The number of alkyl halides is 3. The van der Waals surface area contributed by atoms with E-state index in [0.717, 1.165) is 22.7 Å². The highest BCUT2D eigenvalue weighted by Gasteiger charge is 2.30. The Labute approximate surface area is 169 Å². The Morgan fingerprint density at radius 1 is 1.21 bits per heavy atom. The number of aromatic nitrogens is 3. The standard InChI is InChI=1S/C18H12F3N3OS3/c1-9(28-13-5-4-10(7-22-13)18(19,20)21)15-23-16(25)14-11(8-27-17(14)24-15)12-3-2-6-26-12/h2-9H,1H3,(H,23,24,25). The molecule has 0 spiro atoms. The van der Waals surface area contributed by atoms with Crippen LogP contribution in [0.25, 0.3) is 20.7 Å². The highest BCUT2D eigenvalue weighted by Crippen LogP contribution is 2.37. The van der Waals surface area contributed by atoms with Crippen LogP contribution in [0.5, 0.6) is 0 Å². The van der Waals surface area contributed by atoms with Crippen LogP contribution in [0.3, 0.4) is 0 Å². The van der Waals surface area contributed by atoms with E-state index >= 15 is 0 Å². The number of H-pyrrole nitrogens is 1. The van der Waals surface area contributed by atoms with Crippen LogP contribution < -0.4 is 5.56 Å². The Balaban J connectivity index is 1.61. The zero-order chi connectivity index (χ0) is 19.9. The van der Waals surface area contributed by atoms with Gasteiger partial charge >= 0.3 is 6.18 Å². The van der Waals surface area contributed by atoms with Gasteiger partial charge in [-0.2, -0.15) is 13.2 Å². The van der Waals surface area contributed by atoms with Crippen molar-refractivity contribution in [3.8, 4) is 10.4 Å². The van der Waals surface area contributed by atoms with Crippen LogP contribution in [-0.2, 0) is 6.18 Å². The number of aromatic amines is 1. The first-order valence-electron chi connectivity index (χ1n) is 8.08. The highest BCUT2D eigenvalue weighted by molar-refractivity contribution is 7.99. The van der Waals surface area contributed by atoms with Crippen LogP contribution in [0, 0.1) is 0 Å². The molecule has 0 saturated heterocycles. The molecule has 0 bridgehead atoms. The molecule has 10 heteroatoms. The molecule has 0 aromatic carbocycles. The largest absolute Gasteiger partial charge is 0.417 e. The summed E-state index contributed by atoms with van der Waals surface area (Å²) in [6, 6.07) is 6.19. The minimum absolute atomic E-state index is 0.225. The normalized spacial score (nSPS) is 13.1. The second kappa shape index (κ2) is 7.34. The van der Waals surface area contributed by atoms with E-state index in [-0.39, 0.29) is 10.8 Å². The lowest BCUT2D eigenvalue weighted by Gasteiger charge is -2.11. The fourth-order valence-electron chi connectivity index (χ4n) is 2.63. The van der Waals surface area contributed by atoms with Crippen LogP contribution in [0.1, 0.15) is 23.6 Å². The van der Waals surface area contributed by atoms with Gasteiger partial charge in [0.15, 0.2) is 0 Å². The highest BCUT2D eigenvalue weighted by atomic mass is 32.2. The predicted octanol–water partition coefficient (Wildman–Crippen LogP) is 5.98. The van der Waals surface area contributed by atoms with E-state index < -0.39 is 11.7 Å². The molecular formula is C18H12F3N3OS3. The van der Waals surface area contributed by atoms with Gasteiger partial charge in [-0.15, -0.1) is 22.7 Å². The molecule has 1 unspecified atom stereocenters. The topological polar surface area (TPSA) is 58.6 Å². The summed E-state index contributed by atoms with van der Waals surface area (Å²) in [7, 11) is 0. The average Bonchev–Trinajstić information content (AvgIpc) is 3.30. The van der Waals surface area contributed by atoms with E-state index in [1.54, 1.807) is 11.3 Å². The lowest BCUT2D eigenvalue weighted by molar-refractivity contribution is -0.137. The molecule has 4 heterocycles. The van der Waals surface area contributed by atoms with Gasteiger partial charge in [-0.05, 0) is 30.5 Å².